The van der Waals surface area contributed by atoms with Crippen LogP contribution in [0.3, 0.4) is 0 Å². The molecule has 9 nitrogen and oxygen atoms in total. The Morgan fingerprint density at radius 2 is 0.773 bits per heavy atom. The van der Waals surface area contributed by atoms with Gasteiger partial charge < -0.3 is 37.9 Å². The van der Waals surface area contributed by atoms with Gasteiger partial charge in [0.05, 0.1) is 54.5 Å². The summed E-state index contributed by atoms with van der Waals surface area (Å²) in [5, 5.41) is 0. The molecule has 0 N–H and O–H groups in total. The van der Waals surface area contributed by atoms with E-state index in [1.165, 1.54) is 0 Å². The Balaban J connectivity index is 1.78. The molecule has 0 heterocycles. The highest BCUT2D eigenvalue weighted by atomic mass is 16.5. The number of hydrogen-bond donors (Lipinski definition) is 0. The van der Waals surface area contributed by atoms with Crippen molar-refractivity contribution in [1.82, 2.24) is 0 Å². The van der Waals surface area contributed by atoms with Gasteiger partial charge >= 0.3 is 0 Å². The normalized spacial score (nSPS) is 12.0. The molecule has 4 aromatic carbocycles. The fourth-order valence-electron chi connectivity index (χ4n) is 4.89. The lowest BCUT2D eigenvalue weighted by Crippen LogP contribution is -2.29. The van der Waals surface area contributed by atoms with E-state index in [1.54, 1.807) is 91.2 Å². The van der Waals surface area contributed by atoms with Gasteiger partial charge in [0.2, 0.25) is 0 Å². The average molecular weight is 603 g/mol. The number of carbonyl (C=O) groups is 1. The number of ketones is 1. The van der Waals surface area contributed by atoms with E-state index in [-0.39, 0.29) is 19.0 Å². The Morgan fingerprint density at radius 3 is 1.11 bits per heavy atom. The van der Waals surface area contributed by atoms with Crippen LogP contribution in [0.15, 0.2) is 84.9 Å². The van der Waals surface area contributed by atoms with Crippen LogP contribution in [0.4, 0.5) is 0 Å². The summed E-state index contributed by atoms with van der Waals surface area (Å²) in [5.41, 5.74) is 1.37. The van der Waals surface area contributed by atoms with E-state index in [0.29, 0.717) is 57.1 Å². The van der Waals surface area contributed by atoms with Crippen molar-refractivity contribution in [2.24, 2.45) is 0 Å². The number of rotatable bonds is 16. The number of ether oxygens (including phenoxy) is 8. The zero-order valence-corrected chi connectivity index (χ0v) is 25.8. The second kappa shape index (κ2) is 15.4. The van der Waals surface area contributed by atoms with Crippen LogP contribution in [0, 0.1) is 0 Å². The number of carbonyl (C=O) groups excluding carboxylic acids is 1. The van der Waals surface area contributed by atoms with Crippen molar-refractivity contribution in [2.45, 2.75) is 11.8 Å². The molecule has 0 fully saturated rings. The van der Waals surface area contributed by atoms with Gasteiger partial charge in [-0.3, -0.25) is 4.79 Å². The highest BCUT2D eigenvalue weighted by Gasteiger charge is 2.33. The second-order valence-corrected chi connectivity index (χ2v) is 9.66. The van der Waals surface area contributed by atoms with Crippen LogP contribution in [0.2, 0.25) is 0 Å². The summed E-state index contributed by atoms with van der Waals surface area (Å²) in [7, 11) is 9.37. The summed E-state index contributed by atoms with van der Waals surface area (Å²) in [6, 6.07) is 25.4. The molecule has 0 aliphatic heterocycles. The van der Waals surface area contributed by atoms with Crippen molar-refractivity contribution in [3.8, 4) is 46.0 Å². The van der Waals surface area contributed by atoms with Gasteiger partial charge in [-0.1, -0.05) is 36.4 Å². The first-order valence-corrected chi connectivity index (χ1v) is 14.0. The Hall–Kier alpha value is -5.05. The molecular weight excluding hydrogens is 564 g/mol. The van der Waals surface area contributed by atoms with Gasteiger partial charge in [-0.25, -0.2) is 0 Å². The topological polar surface area (TPSA) is 90.9 Å². The van der Waals surface area contributed by atoms with Crippen molar-refractivity contribution in [1.29, 1.82) is 0 Å². The van der Waals surface area contributed by atoms with Gasteiger partial charge in [0.1, 0.15) is 13.2 Å². The third kappa shape index (κ3) is 7.29. The number of para-hydroxylation sites is 4. The van der Waals surface area contributed by atoms with Crippen molar-refractivity contribution in [2.75, 3.05) is 55.9 Å². The van der Waals surface area contributed by atoms with Gasteiger partial charge in [-0.15, -0.1) is 0 Å². The lowest BCUT2D eigenvalue weighted by Gasteiger charge is -2.25. The molecule has 0 spiro atoms. The van der Waals surface area contributed by atoms with Crippen LogP contribution in [0.1, 0.15) is 23.0 Å². The zero-order valence-electron chi connectivity index (χ0n) is 25.8. The van der Waals surface area contributed by atoms with Crippen molar-refractivity contribution in [3.05, 3.63) is 96.1 Å². The molecule has 44 heavy (non-hydrogen) atoms. The van der Waals surface area contributed by atoms with E-state index >= 15 is 0 Å². The van der Waals surface area contributed by atoms with E-state index in [1.807, 2.05) is 36.4 Å². The van der Waals surface area contributed by atoms with E-state index in [4.69, 9.17) is 37.9 Å². The zero-order chi connectivity index (χ0) is 31.5. The Kier molecular flexibility index (Phi) is 11.2. The van der Waals surface area contributed by atoms with Gasteiger partial charge in [-0.2, -0.15) is 0 Å². The van der Waals surface area contributed by atoms with E-state index in [9.17, 15) is 4.79 Å². The molecule has 4 aromatic rings. The van der Waals surface area contributed by atoms with Crippen molar-refractivity contribution < 1.29 is 42.7 Å². The van der Waals surface area contributed by atoms with Gasteiger partial charge in [-0.05, 0) is 59.7 Å². The first-order chi connectivity index (χ1) is 21.5. The maximum atomic E-state index is 14.7. The van der Waals surface area contributed by atoms with E-state index in [0.717, 1.165) is 0 Å². The van der Waals surface area contributed by atoms with Gasteiger partial charge in [0.15, 0.2) is 51.8 Å². The molecule has 4 rings (SSSR count). The molecule has 0 aliphatic carbocycles. The van der Waals surface area contributed by atoms with Crippen molar-refractivity contribution in [3.63, 3.8) is 0 Å². The Bertz CT molecular complexity index is 1420. The minimum Gasteiger partial charge on any atom is -0.493 e. The smallest absolute Gasteiger partial charge is 0.161 e. The molecule has 2 unspecified atom stereocenters. The summed E-state index contributed by atoms with van der Waals surface area (Å²) >= 11 is 0. The van der Waals surface area contributed by atoms with Crippen LogP contribution in [-0.4, -0.2) is 61.7 Å². The first-order valence-electron chi connectivity index (χ1n) is 14.0. The molecule has 0 radical (unpaired) electrons. The molecule has 0 bridgehead atoms. The molecular formula is C35H38O9. The first kappa shape index (κ1) is 31.9. The fraction of sp³-hybridized carbons (Fsp3) is 0.286. The predicted molar refractivity (Wildman–Crippen MR) is 167 cm³/mol. The van der Waals surface area contributed by atoms with Crippen LogP contribution < -0.4 is 37.9 Å². The Labute approximate surface area is 258 Å². The van der Waals surface area contributed by atoms with Crippen LogP contribution in [-0.2, 0) is 4.79 Å². The van der Waals surface area contributed by atoms with E-state index < -0.39 is 11.8 Å². The third-order valence-corrected chi connectivity index (χ3v) is 7.26. The highest BCUT2D eigenvalue weighted by molar-refractivity contribution is 5.92. The largest absolute Gasteiger partial charge is 0.493 e. The maximum Gasteiger partial charge on any atom is 0.161 e. The predicted octanol–water partition coefficient (Wildman–Crippen LogP) is 6.33. The van der Waals surface area contributed by atoms with Crippen molar-refractivity contribution >= 4 is 5.78 Å². The van der Waals surface area contributed by atoms with E-state index in [2.05, 4.69) is 0 Å². The lowest BCUT2D eigenvalue weighted by molar-refractivity contribution is -0.123. The molecule has 0 saturated heterocycles. The standard InChI is InChI=1S/C35H38O9/c1-37-27-11-7-9-13-31(27)43-21-25(23-15-17-29(39-3)33(19-23)41-5)35(36)26(22-44-32-14-10-8-12-28(32)38-2)24-16-18-30(40-4)34(20-24)42-6/h7-20,25-26H,21-22H2,1-6H3. The Morgan fingerprint density at radius 1 is 0.455 bits per heavy atom. The third-order valence-electron chi connectivity index (χ3n) is 7.26. The second-order valence-electron chi connectivity index (χ2n) is 9.66. The van der Waals surface area contributed by atoms with Crippen LogP contribution >= 0.6 is 0 Å². The number of hydrogen-bond acceptors (Lipinski definition) is 9. The minimum atomic E-state index is -0.737. The summed E-state index contributed by atoms with van der Waals surface area (Å²) in [4.78, 5) is 14.7. The van der Waals surface area contributed by atoms with Gasteiger partial charge in [0, 0.05) is 0 Å². The number of Topliss-reactive ketones (excluding diaryl/α,β-unsaturated/α-hetero) is 1. The molecule has 2 atom stereocenters. The molecule has 9 heteroatoms. The summed E-state index contributed by atoms with van der Waals surface area (Å²) in [6.45, 7) is 0.0419. The van der Waals surface area contributed by atoms with Crippen LogP contribution in [0.5, 0.6) is 46.0 Å². The molecule has 0 saturated carbocycles. The monoisotopic (exact) mass is 602 g/mol. The average Bonchev–Trinajstić information content (AvgIpc) is 3.08. The maximum absolute atomic E-state index is 14.7. The lowest BCUT2D eigenvalue weighted by atomic mass is 9.84. The quantitative estimate of drug-likeness (QED) is 0.146. The highest BCUT2D eigenvalue weighted by Crippen LogP contribution is 2.38. The minimum absolute atomic E-state index is 0.0210. The van der Waals surface area contributed by atoms with Crippen LogP contribution in [0.25, 0.3) is 0 Å². The summed E-state index contributed by atoms with van der Waals surface area (Å²) < 4.78 is 45.5. The molecule has 0 aromatic heterocycles. The molecule has 232 valence electrons. The number of benzene rings is 4. The van der Waals surface area contributed by atoms with Gasteiger partial charge in [0.25, 0.3) is 0 Å². The SMILES string of the molecule is COc1ccc(C(COc2ccccc2OC)C(=O)C(COc2ccccc2OC)c2ccc(OC)c(OC)c2)cc1OC. The summed E-state index contributed by atoms with van der Waals surface area (Å²) in [5.74, 6) is 2.60. The fourth-order valence-corrected chi connectivity index (χ4v) is 4.89. The number of methoxy groups -OCH3 is 6. The molecule has 0 amide bonds. The molecule has 0 aliphatic rings. The summed E-state index contributed by atoms with van der Waals surface area (Å²) in [6.07, 6.45) is 0.